The molecule has 2 aromatic heterocycles. The Morgan fingerprint density at radius 2 is 2.32 bits per heavy atom. The molecular formula is C13H13N5O. The number of nitrogens with one attached hydrogen (secondary N) is 2. The van der Waals surface area contributed by atoms with Crippen LogP contribution < -0.4 is 10.9 Å². The van der Waals surface area contributed by atoms with Gasteiger partial charge in [-0.05, 0) is 19.1 Å². The summed E-state index contributed by atoms with van der Waals surface area (Å²) >= 11 is 0. The van der Waals surface area contributed by atoms with Crippen LogP contribution in [0.1, 0.15) is 17.1 Å². The molecule has 0 unspecified atom stereocenters. The standard InChI is InChI=1S/C13H13N5O/c1-9-17-12(11(8-14)13(19)18-9)16-7-5-10-4-2-3-6-15-10/h2-4,6H,5,7H2,1H3,(H2,16,17,18,19). The number of nitriles is 1. The van der Waals surface area contributed by atoms with Crippen molar-refractivity contribution in [2.75, 3.05) is 11.9 Å². The molecule has 0 aliphatic rings. The van der Waals surface area contributed by atoms with E-state index in [1.807, 2.05) is 24.3 Å². The Balaban J connectivity index is 2.08. The normalized spacial score (nSPS) is 9.89. The highest BCUT2D eigenvalue weighted by Crippen LogP contribution is 2.06. The molecule has 0 spiro atoms. The molecule has 0 aliphatic carbocycles. The van der Waals surface area contributed by atoms with Crippen LogP contribution in [0.15, 0.2) is 29.2 Å². The first-order valence-electron chi connectivity index (χ1n) is 5.85. The van der Waals surface area contributed by atoms with E-state index in [1.54, 1.807) is 13.1 Å². The third-order valence-corrected chi connectivity index (χ3v) is 2.55. The minimum absolute atomic E-state index is 0.00613. The molecule has 0 aliphatic heterocycles. The van der Waals surface area contributed by atoms with Gasteiger partial charge in [0.05, 0.1) is 0 Å². The van der Waals surface area contributed by atoms with E-state index in [2.05, 4.69) is 20.3 Å². The Hall–Kier alpha value is -2.68. The molecule has 0 saturated heterocycles. The zero-order chi connectivity index (χ0) is 13.7. The number of rotatable bonds is 4. The summed E-state index contributed by atoms with van der Waals surface area (Å²) in [6.45, 7) is 2.23. The van der Waals surface area contributed by atoms with Gasteiger partial charge in [0.1, 0.15) is 11.9 Å². The van der Waals surface area contributed by atoms with E-state index in [-0.39, 0.29) is 5.56 Å². The lowest BCUT2D eigenvalue weighted by molar-refractivity contribution is 0.935. The predicted molar refractivity (Wildman–Crippen MR) is 70.7 cm³/mol. The van der Waals surface area contributed by atoms with Gasteiger partial charge in [-0.25, -0.2) is 4.98 Å². The smallest absolute Gasteiger partial charge is 0.271 e. The number of hydrogen-bond acceptors (Lipinski definition) is 5. The summed E-state index contributed by atoms with van der Waals surface area (Å²) in [6.07, 6.45) is 2.42. The largest absolute Gasteiger partial charge is 0.368 e. The Kier molecular flexibility index (Phi) is 3.88. The number of H-pyrrole nitrogens is 1. The Morgan fingerprint density at radius 1 is 1.47 bits per heavy atom. The van der Waals surface area contributed by atoms with Crippen molar-refractivity contribution >= 4 is 5.82 Å². The van der Waals surface area contributed by atoms with Crippen LogP contribution in [-0.2, 0) is 6.42 Å². The molecule has 0 fully saturated rings. The Labute approximate surface area is 110 Å². The molecule has 2 aromatic rings. The van der Waals surface area contributed by atoms with Crippen LogP contribution in [0.25, 0.3) is 0 Å². The number of hydrogen-bond donors (Lipinski definition) is 2. The third-order valence-electron chi connectivity index (χ3n) is 2.55. The number of pyridine rings is 1. The van der Waals surface area contributed by atoms with Crippen LogP contribution in [0, 0.1) is 18.3 Å². The highest BCUT2D eigenvalue weighted by Gasteiger charge is 2.08. The van der Waals surface area contributed by atoms with Crippen LogP contribution in [0.5, 0.6) is 0 Å². The van der Waals surface area contributed by atoms with Crippen LogP contribution in [-0.4, -0.2) is 21.5 Å². The molecule has 2 rings (SSSR count). The maximum absolute atomic E-state index is 11.6. The quantitative estimate of drug-likeness (QED) is 0.849. The summed E-state index contributed by atoms with van der Waals surface area (Å²) in [7, 11) is 0. The van der Waals surface area contributed by atoms with Crippen LogP contribution in [0.3, 0.4) is 0 Å². The van der Waals surface area contributed by atoms with Crippen molar-refractivity contribution in [2.45, 2.75) is 13.3 Å². The maximum atomic E-state index is 11.6. The third kappa shape index (κ3) is 3.16. The van der Waals surface area contributed by atoms with Gasteiger partial charge in [0.2, 0.25) is 0 Å². The van der Waals surface area contributed by atoms with Gasteiger partial charge in [-0.1, -0.05) is 6.07 Å². The monoisotopic (exact) mass is 255 g/mol. The number of anilines is 1. The zero-order valence-electron chi connectivity index (χ0n) is 10.5. The topological polar surface area (TPSA) is 94.5 Å². The van der Waals surface area contributed by atoms with Crippen molar-refractivity contribution in [3.05, 3.63) is 51.8 Å². The summed E-state index contributed by atoms with van der Waals surface area (Å²) < 4.78 is 0. The van der Waals surface area contributed by atoms with Gasteiger partial charge < -0.3 is 10.3 Å². The molecule has 6 nitrogen and oxygen atoms in total. The maximum Gasteiger partial charge on any atom is 0.271 e. The lowest BCUT2D eigenvalue weighted by Gasteiger charge is -2.07. The molecule has 0 amide bonds. The van der Waals surface area contributed by atoms with Crippen molar-refractivity contribution in [2.24, 2.45) is 0 Å². The van der Waals surface area contributed by atoms with E-state index < -0.39 is 5.56 Å². The molecule has 0 atom stereocenters. The number of nitrogens with zero attached hydrogens (tertiary/aromatic N) is 3. The van der Waals surface area contributed by atoms with Gasteiger partial charge in [-0.15, -0.1) is 0 Å². The van der Waals surface area contributed by atoms with E-state index >= 15 is 0 Å². The van der Waals surface area contributed by atoms with Crippen molar-refractivity contribution in [3.8, 4) is 6.07 Å². The van der Waals surface area contributed by atoms with Gasteiger partial charge >= 0.3 is 0 Å². The molecular weight excluding hydrogens is 242 g/mol. The lowest BCUT2D eigenvalue weighted by Crippen LogP contribution is -2.18. The number of aromatic amines is 1. The van der Waals surface area contributed by atoms with Crippen molar-refractivity contribution in [3.63, 3.8) is 0 Å². The Bertz CT molecular complexity index is 657. The van der Waals surface area contributed by atoms with Crippen LogP contribution in [0.4, 0.5) is 5.82 Å². The molecule has 0 radical (unpaired) electrons. The minimum Gasteiger partial charge on any atom is -0.368 e. The molecule has 0 aromatic carbocycles. The van der Waals surface area contributed by atoms with Gasteiger partial charge in [0.25, 0.3) is 5.56 Å². The van der Waals surface area contributed by atoms with Crippen molar-refractivity contribution < 1.29 is 0 Å². The molecule has 2 N–H and O–H groups in total. The fourth-order valence-corrected chi connectivity index (χ4v) is 1.67. The van der Waals surface area contributed by atoms with Gasteiger partial charge in [-0.2, -0.15) is 5.26 Å². The predicted octanol–water partition coefficient (Wildman–Crippen LogP) is 1.000. The van der Waals surface area contributed by atoms with Gasteiger partial charge in [-0.3, -0.25) is 9.78 Å². The van der Waals surface area contributed by atoms with Crippen LogP contribution in [0.2, 0.25) is 0 Å². The second-order valence-electron chi connectivity index (χ2n) is 3.98. The molecule has 6 heteroatoms. The van der Waals surface area contributed by atoms with E-state index in [4.69, 9.17) is 5.26 Å². The highest BCUT2D eigenvalue weighted by molar-refractivity contribution is 5.50. The SMILES string of the molecule is Cc1nc(NCCc2ccccn2)c(C#N)c(=O)[nH]1. The molecule has 2 heterocycles. The number of aromatic nitrogens is 3. The second kappa shape index (κ2) is 5.78. The summed E-state index contributed by atoms with van der Waals surface area (Å²) in [4.78, 5) is 22.4. The van der Waals surface area contributed by atoms with E-state index in [0.717, 1.165) is 5.69 Å². The highest BCUT2D eigenvalue weighted by atomic mass is 16.1. The fourth-order valence-electron chi connectivity index (χ4n) is 1.67. The first-order chi connectivity index (χ1) is 9.20. The first-order valence-corrected chi connectivity index (χ1v) is 5.85. The summed E-state index contributed by atoms with van der Waals surface area (Å²) in [6, 6.07) is 7.54. The van der Waals surface area contributed by atoms with Crippen molar-refractivity contribution in [1.29, 1.82) is 5.26 Å². The summed E-state index contributed by atoms with van der Waals surface area (Å²) in [5.41, 5.74) is 0.525. The first kappa shape index (κ1) is 12.8. The second-order valence-corrected chi connectivity index (χ2v) is 3.98. The molecule has 0 saturated carbocycles. The fraction of sp³-hybridized carbons (Fsp3) is 0.231. The minimum atomic E-state index is -0.421. The summed E-state index contributed by atoms with van der Waals surface area (Å²) in [5, 5.41) is 11.9. The van der Waals surface area contributed by atoms with Gasteiger partial charge in [0.15, 0.2) is 11.4 Å². The average Bonchev–Trinajstić information content (AvgIpc) is 2.39. The average molecular weight is 255 g/mol. The summed E-state index contributed by atoms with van der Waals surface area (Å²) in [5.74, 6) is 0.795. The van der Waals surface area contributed by atoms with E-state index in [9.17, 15) is 4.79 Å². The Morgan fingerprint density at radius 3 is 3.00 bits per heavy atom. The number of aryl methyl sites for hydroxylation is 1. The zero-order valence-corrected chi connectivity index (χ0v) is 10.5. The molecule has 96 valence electrons. The van der Waals surface area contributed by atoms with Gasteiger partial charge in [0, 0.05) is 24.9 Å². The lowest BCUT2D eigenvalue weighted by atomic mass is 10.2. The molecule has 0 bridgehead atoms. The van der Waals surface area contributed by atoms with E-state index in [0.29, 0.717) is 24.6 Å². The molecule has 19 heavy (non-hydrogen) atoms. The van der Waals surface area contributed by atoms with E-state index in [1.165, 1.54) is 0 Å². The van der Waals surface area contributed by atoms with Crippen molar-refractivity contribution in [1.82, 2.24) is 15.0 Å². The van der Waals surface area contributed by atoms with Crippen LogP contribution >= 0.6 is 0 Å².